The SMILES string of the molecule is N=N/N=N/N=N/N=N/N=N/N=N/O. The first-order valence-corrected chi connectivity index (χ1v) is 2.42. The molecule has 0 bridgehead atoms. The molecular formula is H2N12O. The summed E-state index contributed by atoms with van der Waals surface area (Å²) < 4.78 is 0. The summed E-state index contributed by atoms with van der Waals surface area (Å²) in [5.41, 5.74) is 6.12. The fourth-order valence-corrected chi connectivity index (χ4v) is 0.163. The maximum absolute atomic E-state index is 7.70. The molecule has 0 aromatic carbocycles. The standard InChI is InChI=1S/H2N12O/c1-2-3-4-5-6-7-8-9-10-11-12-13/h(H2,1,3,5,7,9,11,13). The third kappa shape index (κ3) is 9.40. The van der Waals surface area contributed by atoms with E-state index >= 15 is 0 Å². The first-order valence-electron chi connectivity index (χ1n) is 2.42. The van der Waals surface area contributed by atoms with E-state index in [1.54, 1.807) is 0 Å². The molecule has 13 heteroatoms. The summed E-state index contributed by atoms with van der Waals surface area (Å²) in [7, 11) is 0. The van der Waals surface area contributed by atoms with Gasteiger partial charge in [-0.15, -0.1) is 0 Å². The molecule has 13 nitrogen and oxygen atoms in total. The molecule has 0 aliphatic heterocycles. The first kappa shape index (κ1) is 10.4. The van der Waals surface area contributed by atoms with Crippen LogP contribution in [0.3, 0.4) is 0 Å². The van der Waals surface area contributed by atoms with Gasteiger partial charge in [0.15, 0.2) is 0 Å². The Bertz CT molecular complexity index is 252. The molecule has 68 valence electrons. The van der Waals surface area contributed by atoms with Crippen LogP contribution in [0, 0.1) is 5.53 Å². The second-order valence-electron chi connectivity index (χ2n) is 0.994. The number of nitrogens with zero attached hydrogens (tertiary/aromatic N) is 11. The molecule has 0 fully saturated rings. The molecule has 0 unspecified atom stereocenters. The van der Waals surface area contributed by atoms with Gasteiger partial charge in [-0.2, -0.15) is 5.53 Å². The van der Waals surface area contributed by atoms with Crippen molar-refractivity contribution in [1.29, 1.82) is 5.53 Å². The van der Waals surface area contributed by atoms with Crippen molar-refractivity contribution >= 4 is 0 Å². The molecule has 0 rings (SSSR count). The smallest absolute Gasteiger partial charge is 0.0466 e. The molecule has 2 N–H and O–H groups in total. The van der Waals surface area contributed by atoms with Gasteiger partial charge in [-0.05, 0) is 26.1 Å². The molecule has 0 aliphatic carbocycles. The zero-order valence-corrected chi connectivity index (χ0v) is 5.87. The highest BCUT2D eigenvalue weighted by atomic mass is 16.5. The predicted molar refractivity (Wildman–Crippen MR) is 31.2 cm³/mol. The van der Waals surface area contributed by atoms with Gasteiger partial charge in [0.05, 0.1) is 0 Å². The van der Waals surface area contributed by atoms with Crippen LogP contribution < -0.4 is 0 Å². The van der Waals surface area contributed by atoms with Crippen molar-refractivity contribution in [2.45, 2.75) is 0 Å². The van der Waals surface area contributed by atoms with E-state index in [-0.39, 0.29) is 0 Å². The van der Waals surface area contributed by atoms with Crippen molar-refractivity contribution in [1.82, 2.24) is 0 Å². The van der Waals surface area contributed by atoms with E-state index < -0.39 is 0 Å². The van der Waals surface area contributed by atoms with Crippen molar-refractivity contribution in [3.8, 4) is 0 Å². The lowest BCUT2D eigenvalue weighted by Crippen LogP contribution is -1.49. The van der Waals surface area contributed by atoms with Crippen LogP contribution >= 0.6 is 0 Å². The average Bonchev–Trinajstić information content (AvgIpc) is 2.16. The van der Waals surface area contributed by atoms with Crippen molar-refractivity contribution in [2.24, 2.45) is 57.5 Å². The highest BCUT2D eigenvalue weighted by Gasteiger charge is 1.67. The van der Waals surface area contributed by atoms with Gasteiger partial charge in [0.2, 0.25) is 0 Å². The van der Waals surface area contributed by atoms with E-state index in [0.717, 1.165) is 0 Å². The van der Waals surface area contributed by atoms with E-state index in [2.05, 4.69) is 57.5 Å². The Kier molecular flexibility index (Phi) is 7.52. The van der Waals surface area contributed by atoms with Crippen LogP contribution in [0.2, 0.25) is 0 Å². The summed E-state index contributed by atoms with van der Waals surface area (Å²) in [6.45, 7) is 0. The van der Waals surface area contributed by atoms with Crippen molar-refractivity contribution in [2.75, 3.05) is 0 Å². The van der Waals surface area contributed by atoms with Crippen LogP contribution in [0.25, 0.3) is 0 Å². The van der Waals surface area contributed by atoms with E-state index in [0.29, 0.717) is 0 Å². The lowest BCUT2D eigenvalue weighted by molar-refractivity contribution is 0.280. The second-order valence-corrected chi connectivity index (χ2v) is 0.994. The van der Waals surface area contributed by atoms with Gasteiger partial charge < -0.3 is 5.21 Å². The third-order valence-electron chi connectivity index (χ3n) is 0.405. The average molecular weight is 186 g/mol. The zero-order valence-electron chi connectivity index (χ0n) is 5.87. The summed E-state index contributed by atoms with van der Waals surface area (Å²) >= 11 is 0. The summed E-state index contributed by atoms with van der Waals surface area (Å²) in [6, 6.07) is 0. The highest BCUT2D eigenvalue weighted by molar-refractivity contribution is 4.09. The minimum atomic E-state index is 2.24. The lowest BCUT2D eigenvalue weighted by Gasteiger charge is -1.67. The van der Waals surface area contributed by atoms with Crippen molar-refractivity contribution < 1.29 is 5.21 Å². The van der Waals surface area contributed by atoms with Crippen molar-refractivity contribution in [3.63, 3.8) is 0 Å². The molecule has 0 heterocycles. The molecule has 0 atom stereocenters. The molecule has 0 aliphatic rings. The molecular weight excluding hydrogens is 184 g/mol. The highest BCUT2D eigenvalue weighted by Crippen LogP contribution is 1.85. The van der Waals surface area contributed by atoms with E-state index in [4.69, 9.17) is 10.7 Å². The molecule has 13 heavy (non-hydrogen) atoms. The fraction of sp³-hybridized carbons (Fsp3) is 0. The largest absolute Gasteiger partial charge is 0.393 e. The second kappa shape index (κ2) is 9.40. The monoisotopic (exact) mass is 186 g/mol. The Morgan fingerprint density at radius 3 is 1.38 bits per heavy atom. The topological polar surface area (TPSA) is 180 Å². The Balaban J connectivity index is 3.68. The summed E-state index contributed by atoms with van der Waals surface area (Å²) in [5, 5.41) is 37.9. The zero-order chi connectivity index (χ0) is 9.78. The van der Waals surface area contributed by atoms with Crippen molar-refractivity contribution in [3.05, 3.63) is 0 Å². The Labute approximate surface area is 69.4 Å². The van der Waals surface area contributed by atoms with Crippen LogP contribution in [0.15, 0.2) is 57.5 Å². The first-order chi connectivity index (χ1) is 6.41. The normalized spacial score (nSPS) is 13.2. The molecule has 0 saturated heterocycles. The lowest BCUT2D eigenvalue weighted by atomic mass is 12.3. The van der Waals surface area contributed by atoms with Gasteiger partial charge in [-0.25, -0.2) is 0 Å². The van der Waals surface area contributed by atoms with Crippen LogP contribution in [-0.2, 0) is 0 Å². The fourth-order valence-electron chi connectivity index (χ4n) is 0.163. The van der Waals surface area contributed by atoms with Gasteiger partial charge in [0.25, 0.3) is 0 Å². The number of hydrogen-bond donors (Lipinski definition) is 2. The summed E-state index contributed by atoms with van der Waals surface area (Å²) in [6.07, 6.45) is 0. The maximum Gasteiger partial charge on any atom is 0.0466 e. The summed E-state index contributed by atoms with van der Waals surface area (Å²) in [4.78, 5) is 0. The van der Waals surface area contributed by atoms with E-state index in [1.165, 1.54) is 0 Å². The molecule has 0 saturated carbocycles. The minimum absolute atomic E-state index is 2.24. The van der Waals surface area contributed by atoms with Gasteiger partial charge >= 0.3 is 0 Å². The van der Waals surface area contributed by atoms with Crippen LogP contribution in [-0.4, -0.2) is 5.21 Å². The third-order valence-corrected chi connectivity index (χ3v) is 0.405. The molecule has 0 aromatic rings. The van der Waals surface area contributed by atoms with Crippen LogP contribution in [0.1, 0.15) is 0 Å². The van der Waals surface area contributed by atoms with Crippen LogP contribution in [0.4, 0.5) is 0 Å². The van der Waals surface area contributed by atoms with Gasteiger partial charge in [0.1, 0.15) is 0 Å². The predicted octanol–water partition coefficient (Wildman–Crippen LogP) is 2.24. The molecule has 0 aromatic heterocycles. The minimum Gasteiger partial charge on any atom is -0.393 e. The van der Waals surface area contributed by atoms with Gasteiger partial charge in [0, 0.05) is 31.4 Å². The Morgan fingerprint density at radius 1 is 0.615 bits per heavy atom. The van der Waals surface area contributed by atoms with Gasteiger partial charge in [-0.1, -0.05) is 0 Å². The van der Waals surface area contributed by atoms with E-state index in [1.807, 2.05) is 0 Å². The molecule has 0 radical (unpaired) electrons. The number of nitrogens with one attached hydrogen (secondary N) is 1. The number of rotatable bonds is 5. The van der Waals surface area contributed by atoms with Crippen LogP contribution in [0.5, 0.6) is 0 Å². The quantitative estimate of drug-likeness (QED) is 0.484. The summed E-state index contributed by atoms with van der Waals surface area (Å²) in [5.74, 6) is 0. The Morgan fingerprint density at radius 2 is 1.00 bits per heavy atom. The van der Waals surface area contributed by atoms with E-state index in [9.17, 15) is 0 Å². The van der Waals surface area contributed by atoms with Gasteiger partial charge in [-0.3, -0.25) is 0 Å². The Hall–Kier alpha value is -2.60. The molecule has 0 spiro atoms. The number of hydrogen-bond acceptors (Lipinski definition) is 2. The molecule has 0 amide bonds. The maximum atomic E-state index is 7.70.